The molecule has 2 amide bonds. The highest BCUT2D eigenvalue weighted by Crippen LogP contribution is 2.18. The predicted molar refractivity (Wildman–Crippen MR) is 103 cm³/mol. The first-order valence-electron chi connectivity index (χ1n) is 9.72. The van der Waals surface area contributed by atoms with Gasteiger partial charge in [-0.25, -0.2) is 0 Å². The van der Waals surface area contributed by atoms with Gasteiger partial charge in [0.25, 0.3) is 0 Å². The second-order valence-electron chi connectivity index (χ2n) is 7.36. The Morgan fingerprint density at radius 3 is 2.56 bits per heavy atom. The molecule has 0 bridgehead atoms. The van der Waals surface area contributed by atoms with E-state index in [4.69, 9.17) is 4.74 Å². The molecular weight excluding hydrogens is 344 g/mol. The Balaban J connectivity index is 1.40. The summed E-state index contributed by atoms with van der Waals surface area (Å²) in [5.41, 5.74) is 0.965. The maximum absolute atomic E-state index is 12.5. The number of piperazine rings is 1. The van der Waals surface area contributed by atoms with Crippen LogP contribution in [0.25, 0.3) is 0 Å². The van der Waals surface area contributed by atoms with Crippen LogP contribution in [0.1, 0.15) is 25.3 Å². The minimum atomic E-state index is -0.192. The first kappa shape index (κ1) is 19.6. The summed E-state index contributed by atoms with van der Waals surface area (Å²) < 4.78 is 5.33. The molecule has 1 atom stereocenters. The van der Waals surface area contributed by atoms with Crippen LogP contribution in [0.3, 0.4) is 0 Å². The SMILES string of the molecule is COc1ccccc1CNC(=O)C(C)N1CCN(CC(=O)NC2CC2)CC1. The zero-order valence-corrected chi connectivity index (χ0v) is 16.2. The Kier molecular flexibility index (Phi) is 6.68. The van der Waals surface area contributed by atoms with E-state index < -0.39 is 0 Å². The molecule has 1 aliphatic heterocycles. The number of carbonyl (C=O) groups excluding carboxylic acids is 2. The van der Waals surface area contributed by atoms with E-state index in [0.717, 1.165) is 50.3 Å². The third-order valence-electron chi connectivity index (χ3n) is 5.29. The molecule has 0 aromatic heterocycles. The lowest BCUT2D eigenvalue weighted by Crippen LogP contribution is -2.55. The molecule has 7 heteroatoms. The number of benzene rings is 1. The summed E-state index contributed by atoms with van der Waals surface area (Å²) in [4.78, 5) is 28.8. The lowest BCUT2D eigenvalue weighted by atomic mass is 10.1. The molecule has 1 unspecified atom stereocenters. The number of nitrogens with one attached hydrogen (secondary N) is 2. The van der Waals surface area contributed by atoms with Crippen LogP contribution in [0.5, 0.6) is 5.75 Å². The third-order valence-corrected chi connectivity index (χ3v) is 5.29. The lowest BCUT2D eigenvalue weighted by Gasteiger charge is -2.37. The van der Waals surface area contributed by atoms with Gasteiger partial charge >= 0.3 is 0 Å². The van der Waals surface area contributed by atoms with E-state index in [2.05, 4.69) is 20.4 Å². The maximum atomic E-state index is 12.5. The van der Waals surface area contributed by atoms with Crippen molar-refractivity contribution in [3.8, 4) is 5.75 Å². The minimum Gasteiger partial charge on any atom is -0.496 e. The van der Waals surface area contributed by atoms with Crippen LogP contribution in [0, 0.1) is 0 Å². The topological polar surface area (TPSA) is 73.9 Å². The summed E-state index contributed by atoms with van der Waals surface area (Å²) >= 11 is 0. The second-order valence-corrected chi connectivity index (χ2v) is 7.36. The smallest absolute Gasteiger partial charge is 0.237 e. The molecule has 27 heavy (non-hydrogen) atoms. The van der Waals surface area contributed by atoms with E-state index in [9.17, 15) is 9.59 Å². The van der Waals surface area contributed by atoms with Crippen LogP contribution >= 0.6 is 0 Å². The van der Waals surface area contributed by atoms with Crippen molar-refractivity contribution in [2.75, 3.05) is 39.8 Å². The monoisotopic (exact) mass is 374 g/mol. The zero-order chi connectivity index (χ0) is 19.2. The number of methoxy groups -OCH3 is 1. The van der Waals surface area contributed by atoms with Crippen molar-refractivity contribution in [1.29, 1.82) is 0 Å². The summed E-state index contributed by atoms with van der Waals surface area (Å²) in [5, 5.41) is 6.03. The first-order valence-corrected chi connectivity index (χ1v) is 9.72. The van der Waals surface area contributed by atoms with E-state index in [1.54, 1.807) is 7.11 Å². The minimum absolute atomic E-state index is 0.0147. The number of nitrogens with zero attached hydrogens (tertiary/aromatic N) is 2. The predicted octanol–water partition coefficient (Wildman–Crippen LogP) is 0.596. The number of amides is 2. The molecule has 2 N–H and O–H groups in total. The van der Waals surface area contributed by atoms with Crippen molar-refractivity contribution in [3.63, 3.8) is 0 Å². The highest BCUT2D eigenvalue weighted by Gasteiger charge is 2.28. The normalized spacial score (nSPS) is 19.3. The van der Waals surface area contributed by atoms with Crippen LogP contribution in [-0.2, 0) is 16.1 Å². The second kappa shape index (κ2) is 9.19. The quantitative estimate of drug-likeness (QED) is 0.697. The fourth-order valence-corrected chi connectivity index (χ4v) is 3.36. The van der Waals surface area contributed by atoms with Gasteiger partial charge in [-0.1, -0.05) is 18.2 Å². The molecular formula is C20H30N4O3. The lowest BCUT2D eigenvalue weighted by molar-refractivity contribution is -0.128. The summed E-state index contributed by atoms with van der Waals surface area (Å²) in [6.45, 7) is 6.05. The van der Waals surface area contributed by atoms with Crippen molar-refractivity contribution < 1.29 is 14.3 Å². The number of rotatable bonds is 8. The first-order chi connectivity index (χ1) is 13.1. The number of hydrogen-bond donors (Lipinski definition) is 2. The Morgan fingerprint density at radius 1 is 1.19 bits per heavy atom. The van der Waals surface area contributed by atoms with Gasteiger partial charge in [-0.15, -0.1) is 0 Å². The third kappa shape index (κ3) is 5.68. The maximum Gasteiger partial charge on any atom is 0.237 e. The molecule has 0 radical (unpaired) electrons. The summed E-state index contributed by atoms with van der Waals surface area (Å²) in [6.07, 6.45) is 2.22. The Morgan fingerprint density at radius 2 is 1.89 bits per heavy atom. The molecule has 3 rings (SSSR count). The van der Waals surface area contributed by atoms with Gasteiger partial charge in [0.1, 0.15) is 5.75 Å². The molecule has 1 aromatic carbocycles. The van der Waals surface area contributed by atoms with Crippen molar-refractivity contribution in [1.82, 2.24) is 20.4 Å². The van der Waals surface area contributed by atoms with Gasteiger partial charge in [0, 0.05) is 44.3 Å². The zero-order valence-electron chi connectivity index (χ0n) is 16.2. The van der Waals surface area contributed by atoms with Crippen molar-refractivity contribution in [2.45, 2.75) is 38.4 Å². The average Bonchev–Trinajstić information content (AvgIpc) is 3.50. The standard InChI is InChI=1S/C20H30N4O3/c1-15(20(26)21-13-16-5-3-4-6-18(16)27-2)24-11-9-23(10-12-24)14-19(25)22-17-7-8-17/h3-6,15,17H,7-14H2,1-2H3,(H,21,26)(H,22,25). The van der Waals surface area contributed by atoms with Gasteiger partial charge in [0.05, 0.1) is 19.7 Å². The molecule has 148 valence electrons. The molecule has 1 saturated heterocycles. The van der Waals surface area contributed by atoms with Gasteiger partial charge < -0.3 is 15.4 Å². The van der Waals surface area contributed by atoms with Gasteiger partial charge in [0.15, 0.2) is 0 Å². The van der Waals surface area contributed by atoms with E-state index >= 15 is 0 Å². The number of ether oxygens (including phenoxy) is 1. The molecule has 1 aromatic rings. The van der Waals surface area contributed by atoms with E-state index in [0.29, 0.717) is 19.1 Å². The summed E-state index contributed by atoms with van der Waals surface area (Å²) in [6, 6.07) is 7.91. The van der Waals surface area contributed by atoms with E-state index in [-0.39, 0.29) is 17.9 Å². The molecule has 1 aliphatic carbocycles. The Hall–Kier alpha value is -2.12. The Bertz CT molecular complexity index is 654. The summed E-state index contributed by atoms with van der Waals surface area (Å²) in [7, 11) is 1.63. The molecule has 1 heterocycles. The molecule has 2 fully saturated rings. The van der Waals surface area contributed by atoms with Crippen LogP contribution in [0.2, 0.25) is 0 Å². The number of hydrogen-bond acceptors (Lipinski definition) is 5. The highest BCUT2D eigenvalue weighted by atomic mass is 16.5. The van der Waals surface area contributed by atoms with Gasteiger partial charge in [-0.05, 0) is 25.8 Å². The van der Waals surface area contributed by atoms with E-state index in [1.807, 2.05) is 31.2 Å². The van der Waals surface area contributed by atoms with Gasteiger partial charge in [-0.2, -0.15) is 0 Å². The fourth-order valence-electron chi connectivity index (χ4n) is 3.36. The Labute approximate surface area is 161 Å². The fraction of sp³-hybridized carbons (Fsp3) is 0.600. The number of carbonyl (C=O) groups is 2. The van der Waals surface area contributed by atoms with E-state index in [1.165, 1.54) is 0 Å². The number of para-hydroxylation sites is 1. The van der Waals surface area contributed by atoms with Crippen LogP contribution < -0.4 is 15.4 Å². The van der Waals surface area contributed by atoms with Crippen molar-refractivity contribution in [3.05, 3.63) is 29.8 Å². The van der Waals surface area contributed by atoms with Gasteiger partial charge in [0.2, 0.25) is 11.8 Å². The molecule has 1 saturated carbocycles. The molecule has 2 aliphatic rings. The molecule has 0 spiro atoms. The average molecular weight is 374 g/mol. The van der Waals surface area contributed by atoms with Crippen LogP contribution in [0.4, 0.5) is 0 Å². The van der Waals surface area contributed by atoms with Crippen LogP contribution in [-0.4, -0.2) is 73.5 Å². The van der Waals surface area contributed by atoms with Crippen molar-refractivity contribution >= 4 is 11.8 Å². The summed E-state index contributed by atoms with van der Waals surface area (Å²) in [5.74, 6) is 0.915. The van der Waals surface area contributed by atoms with Crippen molar-refractivity contribution in [2.24, 2.45) is 0 Å². The van der Waals surface area contributed by atoms with Gasteiger partial charge in [-0.3, -0.25) is 19.4 Å². The highest BCUT2D eigenvalue weighted by molar-refractivity contribution is 5.81. The molecule has 7 nitrogen and oxygen atoms in total. The largest absolute Gasteiger partial charge is 0.496 e. The van der Waals surface area contributed by atoms with Crippen LogP contribution in [0.15, 0.2) is 24.3 Å².